The third kappa shape index (κ3) is 3.78. The molecular weight excluding hydrogens is 332 g/mol. The molecule has 1 aliphatic heterocycles. The van der Waals surface area contributed by atoms with Crippen LogP contribution in [-0.4, -0.2) is 51.9 Å². The summed E-state index contributed by atoms with van der Waals surface area (Å²) in [6.07, 6.45) is 2.42. The van der Waals surface area contributed by atoms with Crippen LogP contribution in [0.1, 0.15) is 47.4 Å². The van der Waals surface area contributed by atoms with Crippen LogP contribution in [-0.2, 0) is 29.5 Å². The molecule has 0 N–H and O–H groups in total. The lowest BCUT2D eigenvalue weighted by atomic mass is 9.99. The van der Waals surface area contributed by atoms with Crippen molar-refractivity contribution in [1.82, 2.24) is 19.7 Å². The number of carbonyl (C=O) groups is 1. The van der Waals surface area contributed by atoms with Crippen LogP contribution in [0.5, 0.6) is 0 Å². The molecule has 0 spiro atoms. The van der Waals surface area contributed by atoms with Gasteiger partial charge in [0.2, 0.25) is 0 Å². The second-order valence-corrected chi connectivity index (χ2v) is 6.67. The number of rotatable bonds is 6. The van der Waals surface area contributed by atoms with Crippen molar-refractivity contribution in [1.29, 1.82) is 0 Å². The summed E-state index contributed by atoms with van der Waals surface area (Å²) in [5.74, 6) is -0.0918. The monoisotopic (exact) mass is 358 g/mol. The molecule has 7 nitrogen and oxygen atoms in total. The van der Waals surface area contributed by atoms with E-state index in [-0.39, 0.29) is 18.1 Å². The first-order valence-corrected chi connectivity index (χ1v) is 8.90. The number of ether oxygens (including phenoxy) is 2. The van der Waals surface area contributed by atoms with Gasteiger partial charge in [-0.2, -0.15) is 5.10 Å². The molecule has 0 aliphatic carbocycles. The smallest absolute Gasteiger partial charge is 0.275 e. The van der Waals surface area contributed by atoms with Crippen LogP contribution < -0.4 is 0 Å². The topological polar surface area (TPSA) is 69.5 Å². The van der Waals surface area contributed by atoms with E-state index in [0.717, 1.165) is 17.0 Å². The number of amides is 1. The molecule has 7 heteroatoms. The summed E-state index contributed by atoms with van der Waals surface area (Å²) < 4.78 is 12.9. The lowest BCUT2D eigenvalue weighted by molar-refractivity contribution is -0.00907. The van der Waals surface area contributed by atoms with Gasteiger partial charge in [0.1, 0.15) is 0 Å². The maximum absolute atomic E-state index is 13.3. The molecule has 140 valence electrons. The zero-order chi connectivity index (χ0) is 18.7. The minimum Gasteiger partial charge on any atom is -0.383 e. The Hall–Kier alpha value is -2.25. The Bertz CT molecular complexity index is 760. The Balaban J connectivity index is 1.90. The summed E-state index contributed by atoms with van der Waals surface area (Å²) in [4.78, 5) is 19.4. The van der Waals surface area contributed by atoms with Gasteiger partial charge in [-0.05, 0) is 26.0 Å². The van der Waals surface area contributed by atoms with Gasteiger partial charge in [-0.15, -0.1) is 0 Å². The molecule has 0 fully saturated rings. The molecule has 0 bridgehead atoms. The highest BCUT2D eigenvalue weighted by molar-refractivity contribution is 5.94. The predicted molar refractivity (Wildman–Crippen MR) is 96.7 cm³/mol. The van der Waals surface area contributed by atoms with Crippen molar-refractivity contribution in [3.05, 3.63) is 47.0 Å². The van der Waals surface area contributed by atoms with Gasteiger partial charge in [-0.3, -0.25) is 14.5 Å². The molecule has 3 heterocycles. The fourth-order valence-electron chi connectivity index (χ4n) is 3.50. The summed E-state index contributed by atoms with van der Waals surface area (Å²) in [7, 11) is 3.50. The highest BCUT2D eigenvalue weighted by atomic mass is 16.5. The van der Waals surface area contributed by atoms with E-state index in [1.165, 1.54) is 0 Å². The van der Waals surface area contributed by atoms with Crippen molar-refractivity contribution in [3.8, 4) is 0 Å². The third-order valence-electron chi connectivity index (χ3n) is 4.64. The molecule has 1 aliphatic rings. The van der Waals surface area contributed by atoms with Gasteiger partial charge in [-0.25, -0.2) is 0 Å². The quantitative estimate of drug-likeness (QED) is 0.791. The minimum absolute atomic E-state index is 0.0662. The Morgan fingerprint density at radius 3 is 2.92 bits per heavy atom. The second-order valence-electron chi connectivity index (χ2n) is 6.67. The zero-order valence-electron chi connectivity index (χ0n) is 15.8. The van der Waals surface area contributed by atoms with Crippen LogP contribution in [0.4, 0.5) is 0 Å². The van der Waals surface area contributed by atoms with E-state index in [2.05, 4.69) is 10.1 Å². The highest BCUT2D eigenvalue weighted by Crippen LogP contribution is 2.32. The van der Waals surface area contributed by atoms with Gasteiger partial charge in [0, 0.05) is 38.9 Å². The second kappa shape index (κ2) is 7.97. The van der Waals surface area contributed by atoms with Gasteiger partial charge in [0.15, 0.2) is 5.69 Å². The van der Waals surface area contributed by atoms with E-state index in [4.69, 9.17) is 9.47 Å². The zero-order valence-corrected chi connectivity index (χ0v) is 15.8. The van der Waals surface area contributed by atoms with Crippen molar-refractivity contribution >= 4 is 5.91 Å². The molecule has 0 unspecified atom stereocenters. The van der Waals surface area contributed by atoms with E-state index in [9.17, 15) is 4.79 Å². The Morgan fingerprint density at radius 1 is 1.42 bits per heavy atom. The molecule has 26 heavy (non-hydrogen) atoms. The Morgan fingerprint density at radius 2 is 2.23 bits per heavy atom. The van der Waals surface area contributed by atoms with Crippen LogP contribution >= 0.6 is 0 Å². The van der Waals surface area contributed by atoms with Crippen molar-refractivity contribution in [3.63, 3.8) is 0 Å². The first kappa shape index (κ1) is 18.5. The minimum atomic E-state index is -0.0918. The fraction of sp³-hybridized carbons (Fsp3) is 0.526. The SMILES string of the molecule is COCCN(Cc1ccccn1)C(=O)c1nn(C)c2c1C[C@H](C)O[C@@H]2C. The lowest BCUT2D eigenvalue weighted by Gasteiger charge is -2.27. The Labute approximate surface area is 153 Å². The van der Waals surface area contributed by atoms with E-state index in [1.54, 1.807) is 22.9 Å². The molecule has 0 saturated carbocycles. The van der Waals surface area contributed by atoms with Crippen LogP contribution in [0.25, 0.3) is 0 Å². The number of aryl methyl sites for hydroxylation is 1. The van der Waals surface area contributed by atoms with E-state index in [1.807, 2.05) is 39.1 Å². The molecule has 1 amide bonds. The van der Waals surface area contributed by atoms with Crippen LogP contribution in [0.2, 0.25) is 0 Å². The standard InChI is InChI=1S/C19H26N4O3/c1-13-11-16-17(21-22(3)18(16)14(2)26-13)19(24)23(9-10-25-4)12-15-7-5-6-8-20-15/h5-8,13-14H,9-12H2,1-4H3/t13-,14+/m0/s1. The predicted octanol–water partition coefficient (Wildman–Crippen LogP) is 2.13. The number of pyridine rings is 1. The highest BCUT2D eigenvalue weighted by Gasteiger charge is 2.33. The summed E-state index contributed by atoms with van der Waals surface area (Å²) in [6, 6.07) is 5.70. The molecule has 3 rings (SSSR count). The number of hydrogen-bond acceptors (Lipinski definition) is 5. The van der Waals surface area contributed by atoms with Crippen molar-refractivity contribution < 1.29 is 14.3 Å². The summed E-state index contributed by atoms with van der Waals surface area (Å²) in [5, 5.41) is 4.53. The first-order valence-electron chi connectivity index (χ1n) is 8.90. The molecule has 2 aromatic heterocycles. The molecule has 2 atom stereocenters. The van der Waals surface area contributed by atoms with Gasteiger partial charge in [0.05, 0.1) is 36.7 Å². The van der Waals surface area contributed by atoms with Crippen LogP contribution in [0.3, 0.4) is 0 Å². The number of fused-ring (bicyclic) bond motifs is 1. The normalized spacial score (nSPS) is 19.2. The third-order valence-corrected chi connectivity index (χ3v) is 4.64. The van der Waals surface area contributed by atoms with Crippen molar-refractivity contribution in [2.45, 2.75) is 39.0 Å². The maximum atomic E-state index is 13.3. The Kier molecular flexibility index (Phi) is 5.68. The van der Waals surface area contributed by atoms with Gasteiger partial charge >= 0.3 is 0 Å². The van der Waals surface area contributed by atoms with Gasteiger partial charge < -0.3 is 14.4 Å². The van der Waals surface area contributed by atoms with E-state index < -0.39 is 0 Å². The van der Waals surface area contributed by atoms with E-state index in [0.29, 0.717) is 31.8 Å². The van der Waals surface area contributed by atoms with Gasteiger partial charge in [0.25, 0.3) is 5.91 Å². The van der Waals surface area contributed by atoms with Crippen molar-refractivity contribution in [2.75, 3.05) is 20.3 Å². The number of methoxy groups -OCH3 is 1. The number of hydrogen-bond donors (Lipinski definition) is 0. The fourth-order valence-corrected chi connectivity index (χ4v) is 3.50. The maximum Gasteiger partial charge on any atom is 0.275 e. The molecule has 0 radical (unpaired) electrons. The largest absolute Gasteiger partial charge is 0.383 e. The number of nitrogens with zero attached hydrogens (tertiary/aromatic N) is 4. The summed E-state index contributed by atoms with van der Waals surface area (Å²) >= 11 is 0. The summed E-state index contributed by atoms with van der Waals surface area (Å²) in [5.41, 5.74) is 3.33. The first-order chi connectivity index (χ1) is 12.5. The summed E-state index contributed by atoms with van der Waals surface area (Å²) in [6.45, 7) is 5.40. The van der Waals surface area contributed by atoms with Crippen LogP contribution in [0, 0.1) is 0 Å². The molecule has 2 aromatic rings. The van der Waals surface area contributed by atoms with Crippen molar-refractivity contribution in [2.24, 2.45) is 7.05 Å². The number of carbonyl (C=O) groups excluding carboxylic acids is 1. The van der Waals surface area contributed by atoms with Gasteiger partial charge in [-0.1, -0.05) is 6.07 Å². The molecular formula is C19H26N4O3. The average Bonchev–Trinajstić information content (AvgIpc) is 2.95. The molecule has 0 aromatic carbocycles. The van der Waals surface area contributed by atoms with E-state index >= 15 is 0 Å². The van der Waals surface area contributed by atoms with Crippen LogP contribution in [0.15, 0.2) is 24.4 Å². The number of aromatic nitrogens is 3. The molecule has 0 saturated heterocycles. The average molecular weight is 358 g/mol. The lowest BCUT2D eigenvalue weighted by Crippen LogP contribution is -2.35.